The lowest BCUT2D eigenvalue weighted by Gasteiger charge is -2.39. The predicted molar refractivity (Wildman–Crippen MR) is 74.3 cm³/mol. The molecule has 1 saturated heterocycles. The Morgan fingerprint density at radius 2 is 2.11 bits per heavy atom. The van der Waals surface area contributed by atoms with Crippen LogP contribution >= 0.6 is 0 Å². The number of likely N-dealkylation sites (tertiary alicyclic amines) is 1. The molecule has 0 spiro atoms. The molecule has 2 rings (SSSR count). The summed E-state index contributed by atoms with van der Waals surface area (Å²) in [6.07, 6.45) is 2.44. The maximum atomic E-state index is 10.9. The number of carbonyl (C=O) groups excluding carboxylic acids is 1. The van der Waals surface area contributed by atoms with Crippen molar-refractivity contribution < 1.29 is 9.90 Å². The van der Waals surface area contributed by atoms with Gasteiger partial charge in [0, 0.05) is 19.5 Å². The number of piperidine rings is 1. The molecule has 1 heterocycles. The lowest BCUT2D eigenvalue weighted by molar-refractivity contribution is -0.120. The molecule has 0 aliphatic carbocycles. The van der Waals surface area contributed by atoms with E-state index in [4.69, 9.17) is 5.73 Å². The highest BCUT2D eigenvalue weighted by Gasteiger charge is 2.33. The normalized spacial score (nSPS) is 24.3. The minimum atomic E-state index is -0.762. The smallest absolute Gasteiger partial charge is 0.217 e. The standard InChI is InChI=1S/C15H22N2O2/c16-14(18)7-9-15(19)8-4-10-17(12-15)11-13-5-2-1-3-6-13/h1-3,5-6,19H,4,7-12H2,(H2,16,18)/t15-/m0/s1. The summed E-state index contributed by atoms with van der Waals surface area (Å²) in [4.78, 5) is 13.1. The highest BCUT2D eigenvalue weighted by molar-refractivity contribution is 5.73. The molecular formula is C15H22N2O2. The monoisotopic (exact) mass is 262 g/mol. The molecule has 0 saturated carbocycles. The van der Waals surface area contributed by atoms with Gasteiger partial charge in [-0.05, 0) is 31.4 Å². The van der Waals surface area contributed by atoms with Gasteiger partial charge in [0.05, 0.1) is 5.60 Å². The van der Waals surface area contributed by atoms with Crippen molar-refractivity contribution in [2.75, 3.05) is 13.1 Å². The summed E-state index contributed by atoms with van der Waals surface area (Å²) in [7, 11) is 0. The van der Waals surface area contributed by atoms with Crippen LogP contribution < -0.4 is 5.73 Å². The van der Waals surface area contributed by atoms with E-state index in [-0.39, 0.29) is 12.3 Å². The third kappa shape index (κ3) is 4.33. The van der Waals surface area contributed by atoms with Crippen LogP contribution in [0.5, 0.6) is 0 Å². The van der Waals surface area contributed by atoms with E-state index in [1.807, 2.05) is 18.2 Å². The first-order chi connectivity index (χ1) is 9.07. The molecule has 1 amide bonds. The average Bonchev–Trinajstić information content (AvgIpc) is 2.38. The van der Waals surface area contributed by atoms with E-state index < -0.39 is 5.60 Å². The molecule has 1 aliphatic rings. The summed E-state index contributed by atoms with van der Waals surface area (Å²) >= 11 is 0. The summed E-state index contributed by atoms with van der Waals surface area (Å²) in [5.74, 6) is -0.339. The van der Waals surface area contributed by atoms with Crippen LogP contribution in [0.2, 0.25) is 0 Å². The Balaban J connectivity index is 1.91. The molecule has 104 valence electrons. The van der Waals surface area contributed by atoms with Crippen LogP contribution in [0.3, 0.4) is 0 Å². The van der Waals surface area contributed by atoms with Crippen molar-refractivity contribution in [1.29, 1.82) is 0 Å². The minimum absolute atomic E-state index is 0.260. The zero-order valence-corrected chi connectivity index (χ0v) is 11.2. The lowest BCUT2D eigenvalue weighted by atomic mass is 9.88. The Bertz CT molecular complexity index is 421. The van der Waals surface area contributed by atoms with Crippen LogP contribution in [-0.2, 0) is 11.3 Å². The molecule has 0 radical (unpaired) electrons. The highest BCUT2D eigenvalue weighted by atomic mass is 16.3. The van der Waals surface area contributed by atoms with E-state index in [9.17, 15) is 9.90 Å². The van der Waals surface area contributed by atoms with Crippen molar-refractivity contribution in [3.8, 4) is 0 Å². The summed E-state index contributed by atoms with van der Waals surface area (Å²) in [6, 6.07) is 10.2. The van der Waals surface area contributed by atoms with Gasteiger partial charge in [0.25, 0.3) is 0 Å². The van der Waals surface area contributed by atoms with Gasteiger partial charge in [-0.2, -0.15) is 0 Å². The molecule has 3 N–H and O–H groups in total. The summed E-state index contributed by atoms with van der Waals surface area (Å²) in [6.45, 7) is 2.46. The number of nitrogens with two attached hydrogens (primary N) is 1. The second-order valence-corrected chi connectivity index (χ2v) is 5.49. The number of hydrogen-bond acceptors (Lipinski definition) is 3. The van der Waals surface area contributed by atoms with Crippen LogP contribution in [0.4, 0.5) is 0 Å². The van der Waals surface area contributed by atoms with Gasteiger partial charge in [-0.15, -0.1) is 0 Å². The minimum Gasteiger partial charge on any atom is -0.389 e. The van der Waals surface area contributed by atoms with Crippen molar-refractivity contribution >= 4 is 5.91 Å². The fourth-order valence-electron chi connectivity index (χ4n) is 2.74. The first-order valence-corrected chi connectivity index (χ1v) is 6.84. The van der Waals surface area contributed by atoms with Gasteiger partial charge in [0.1, 0.15) is 0 Å². The Labute approximate surface area is 114 Å². The number of β-amino-alcohol motifs (C(OH)–C–C–N with tert-alkyl or cyclic N) is 1. The van der Waals surface area contributed by atoms with Crippen molar-refractivity contribution in [3.63, 3.8) is 0 Å². The van der Waals surface area contributed by atoms with Crippen molar-refractivity contribution in [2.45, 2.75) is 37.8 Å². The fourth-order valence-corrected chi connectivity index (χ4v) is 2.74. The molecule has 1 atom stereocenters. The third-order valence-corrected chi connectivity index (χ3v) is 3.72. The molecule has 1 aliphatic heterocycles. The molecule has 4 heteroatoms. The Morgan fingerprint density at radius 3 is 2.79 bits per heavy atom. The molecule has 19 heavy (non-hydrogen) atoms. The molecule has 0 bridgehead atoms. The van der Waals surface area contributed by atoms with Crippen molar-refractivity contribution in [2.24, 2.45) is 5.73 Å². The SMILES string of the molecule is NC(=O)CC[C@@]1(O)CCCN(Cc2ccccc2)C1. The molecule has 0 unspecified atom stereocenters. The molecule has 4 nitrogen and oxygen atoms in total. The average molecular weight is 262 g/mol. The van der Waals surface area contributed by atoms with Gasteiger partial charge in [-0.25, -0.2) is 0 Å². The van der Waals surface area contributed by atoms with E-state index >= 15 is 0 Å². The fraction of sp³-hybridized carbons (Fsp3) is 0.533. The zero-order chi connectivity index (χ0) is 13.7. The zero-order valence-electron chi connectivity index (χ0n) is 11.2. The van der Waals surface area contributed by atoms with E-state index in [2.05, 4.69) is 17.0 Å². The lowest BCUT2D eigenvalue weighted by Crippen LogP contribution is -2.48. The molecule has 1 aromatic rings. The molecule has 0 aromatic heterocycles. The van der Waals surface area contributed by atoms with Crippen LogP contribution in [-0.4, -0.2) is 34.6 Å². The number of nitrogens with zero attached hydrogens (tertiary/aromatic N) is 1. The number of hydrogen-bond donors (Lipinski definition) is 2. The van der Waals surface area contributed by atoms with Crippen LogP contribution in [0.1, 0.15) is 31.2 Å². The van der Waals surface area contributed by atoms with Crippen LogP contribution in [0.15, 0.2) is 30.3 Å². The Hall–Kier alpha value is -1.39. The maximum absolute atomic E-state index is 10.9. The second kappa shape index (κ2) is 6.17. The quantitative estimate of drug-likeness (QED) is 0.840. The molecule has 1 aromatic carbocycles. The van der Waals surface area contributed by atoms with Crippen molar-refractivity contribution in [1.82, 2.24) is 4.90 Å². The number of primary amides is 1. The van der Waals surface area contributed by atoms with Gasteiger partial charge in [-0.3, -0.25) is 9.69 Å². The predicted octanol–water partition coefficient (Wildman–Crippen LogP) is 1.28. The number of benzene rings is 1. The van der Waals surface area contributed by atoms with Gasteiger partial charge in [0.15, 0.2) is 0 Å². The first kappa shape index (κ1) is 14.0. The van der Waals surface area contributed by atoms with Gasteiger partial charge < -0.3 is 10.8 Å². The van der Waals surface area contributed by atoms with Gasteiger partial charge in [-0.1, -0.05) is 30.3 Å². The Kier molecular flexibility index (Phi) is 4.56. The third-order valence-electron chi connectivity index (χ3n) is 3.72. The van der Waals surface area contributed by atoms with Crippen LogP contribution in [0.25, 0.3) is 0 Å². The number of amides is 1. The van der Waals surface area contributed by atoms with Gasteiger partial charge >= 0.3 is 0 Å². The number of rotatable bonds is 5. The van der Waals surface area contributed by atoms with E-state index in [0.717, 1.165) is 25.9 Å². The summed E-state index contributed by atoms with van der Waals surface area (Å²) in [5, 5.41) is 10.5. The maximum Gasteiger partial charge on any atom is 0.217 e. The van der Waals surface area contributed by atoms with E-state index in [0.29, 0.717) is 13.0 Å². The Morgan fingerprint density at radius 1 is 1.37 bits per heavy atom. The molecular weight excluding hydrogens is 240 g/mol. The molecule has 1 fully saturated rings. The highest BCUT2D eigenvalue weighted by Crippen LogP contribution is 2.26. The number of carbonyl (C=O) groups is 1. The van der Waals surface area contributed by atoms with E-state index in [1.54, 1.807) is 0 Å². The largest absolute Gasteiger partial charge is 0.389 e. The van der Waals surface area contributed by atoms with Gasteiger partial charge in [0.2, 0.25) is 5.91 Å². The topological polar surface area (TPSA) is 66.6 Å². The van der Waals surface area contributed by atoms with Crippen LogP contribution in [0, 0.1) is 0 Å². The van der Waals surface area contributed by atoms with E-state index in [1.165, 1.54) is 5.56 Å². The first-order valence-electron chi connectivity index (χ1n) is 6.84. The summed E-state index contributed by atoms with van der Waals surface area (Å²) < 4.78 is 0. The summed E-state index contributed by atoms with van der Waals surface area (Å²) in [5.41, 5.74) is 5.65. The second-order valence-electron chi connectivity index (χ2n) is 5.49. The number of aliphatic hydroxyl groups is 1. The van der Waals surface area contributed by atoms with Crippen molar-refractivity contribution in [3.05, 3.63) is 35.9 Å².